The highest BCUT2D eigenvalue weighted by Gasteiger charge is 2.20. The Balaban J connectivity index is 2.12. The maximum Gasteiger partial charge on any atom is 0.257 e. The van der Waals surface area contributed by atoms with Gasteiger partial charge < -0.3 is 9.64 Å². The molecule has 0 N–H and O–H groups in total. The monoisotopic (exact) mass is 311 g/mol. The number of benzene rings is 1. The van der Waals surface area contributed by atoms with Crippen LogP contribution in [0, 0.1) is 0 Å². The minimum Gasteiger partial charge on any atom is -0.492 e. The van der Waals surface area contributed by atoms with Gasteiger partial charge in [-0.25, -0.2) is 0 Å². The number of amides is 1. The first-order chi connectivity index (χ1) is 8.83. The van der Waals surface area contributed by atoms with E-state index in [4.69, 9.17) is 4.74 Å². The van der Waals surface area contributed by atoms with Crippen molar-refractivity contribution in [1.29, 1.82) is 0 Å². The lowest BCUT2D eigenvalue weighted by atomic mass is 10.1. The Labute approximate surface area is 116 Å². The van der Waals surface area contributed by atoms with Crippen molar-refractivity contribution in [1.82, 2.24) is 4.90 Å². The number of nitrogens with zero attached hydrogens (tertiary/aromatic N) is 1. The zero-order valence-corrected chi connectivity index (χ0v) is 12.0. The third-order valence-electron chi connectivity index (χ3n) is 3.10. The summed E-state index contributed by atoms with van der Waals surface area (Å²) in [5.74, 6) is 0.785. The highest BCUT2D eigenvalue weighted by molar-refractivity contribution is 9.09. The molecule has 0 saturated carbocycles. The highest BCUT2D eigenvalue weighted by Crippen LogP contribution is 2.21. The van der Waals surface area contributed by atoms with E-state index in [1.54, 1.807) is 0 Å². The van der Waals surface area contributed by atoms with Crippen LogP contribution in [-0.4, -0.2) is 35.8 Å². The molecule has 1 aliphatic heterocycles. The molecule has 0 atom stereocenters. The summed E-state index contributed by atoms with van der Waals surface area (Å²) in [6.45, 7) is 2.31. The molecule has 3 nitrogen and oxygen atoms in total. The molecule has 1 aromatic carbocycles. The van der Waals surface area contributed by atoms with E-state index < -0.39 is 0 Å². The van der Waals surface area contributed by atoms with Crippen molar-refractivity contribution in [3.05, 3.63) is 29.8 Å². The normalized spacial score (nSPS) is 15.5. The molecule has 0 radical (unpaired) electrons. The van der Waals surface area contributed by atoms with Crippen LogP contribution >= 0.6 is 15.9 Å². The number of ether oxygens (including phenoxy) is 1. The minimum absolute atomic E-state index is 0.0971. The molecule has 1 heterocycles. The lowest BCUT2D eigenvalue weighted by Crippen LogP contribution is -2.35. The topological polar surface area (TPSA) is 29.5 Å². The summed E-state index contributed by atoms with van der Waals surface area (Å²) >= 11 is 3.32. The number of hydrogen-bond donors (Lipinski definition) is 0. The van der Waals surface area contributed by atoms with Gasteiger partial charge in [0.05, 0.1) is 12.2 Å². The summed E-state index contributed by atoms with van der Waals surface area (Å²) in [6.07, 6.45) is 3.44. The average molecular weight is 312 g/mol. The molecule has 4 heteroatoms. The predicted octanol–water partition coefficient (Wildman–Crippen LogP) is 3.09. The first kappa shape index (κ1) is 13.4. The number of hydrogen-bond acceptors (Lipinski definition) is 2. The van der Waals surface area contributed by atoms with E-state index in [1.165, 1.54) is 6.42 Å². The zero-order valence-electron chi connectivity index (χ0n) is 10.4. The number of halogens is 1. The number of rotatable bonds is 4. The highest BCUT2D eigenvalue weighted by atomic mass is 79.9. The average Bonchev–Trinajstić information content (AvgIpc) is 2.45. The van der Waals surface area contributed by atoms with Crippen molar-refractivity contribution in [3.63, 3.8) is 0 Å². The van der Waals surface area contributed by atoms with Crippen LogP contribution < -0.4 is 4.74 Å². The molecule has 98 valence electrons. The van der Waals surface area contributed by atoms with Crippen LogP contribution in [0.25, 0.3) is 0 Å². The van der Waals surface area contributed by atoms with E-state index in [2.05, 4.69) is 15.9 Å². The molecule has 1 fully saturated rings. The fourth-order valence-corrected chi connectivity index (χ4v) is 2.35. The maximum atomic E-state index is 12.4. The SMILES string of the molecule is O=C(c1ccccc1OCCBr)N1CCCCC1. The smallest absolute Gasteiger partial charge is 0.257 e. The van der Waals surface area contributed by atoms with Gasteiger partial charge in [-0.3, -0.25) is 4.79 Å². The first-order valence-corrected chi connectivity index (χ1v) is 7.52. The lowest BCUT2D eigenvalue weighted by molar-refractivity contribution is 0.0720. The molecule has 1 amide bonds. The second-order valence-electron chi connectivity index (χ2n) is 4.39. The summed E-state index contributed by atoms with van der Waals surface area (Å²) in [5, 5.41) is 0.763. The van der Waals surface area contributed by atoms with Gasteiger partial charge in [-0.1, -0.05) is 28.1 Å². The van der Waals surface area contributed by atoms with Crippen molar-refractivity contribution in [2.75, 3.05) is 25.0 Å². The van der Waals surface area contributed by atoms with Crippen LogP contribution in [-0.2, 0) is 0 Å². The van der Waals surface area contributed by atoms with Gasteiger partial charge in [0.25, 0.3) is 5.91 Å². The number of alkyl halides is 1. The zero-order chi connectivity index (χ0) is 12.8. The summed E-state index contributed by atoms with van der Waals surface area (Å²) in [7, 11) is 0. The van der Waals surface area contributed by atoms with Gasteiger partial charge in [-0.05, 0) is 31.4 Å². The minimum atomic E-state index is 0.0971. The number of carbonyl (C=O) groups is 1. The Hall–Kier alpha value is -1.03. The molecular formula is C14H18BrNO2. The Bertz CT molecular complexity index is 403. The summed E-state index contributed by atoms with van der Waals surface area (Å²) < 4.78 is 5.60. The molecule has 0 bridgehead atoms. The Morgan fingerprint density at radius 1 is 1.22 bits per heavy atom. The van der Waals surface area contributed by atoms with Crippen LogP contribution in [0.1, 0.15) is 29.6 Å². The van der Waals surface area contributed by atoms with E-state index >= 15 is 0 Å². The van der Waals surface area contributed by atoms with Gasteiger partial charge in [-0.15, -0.1) is 0 Å². The number of likely N-dealkylation sites (tertiary alicyclic amines) is 1. The Morgan fingerprint density at radius 2 is 1.94 bits per heavy atom. The van der Waals surface area contributed by atoms with Crippen molar-refractivity contribution in [3.8, 4) is 5.75 Å². The van der Waals surface area contributed by atoms with E-state index in [-0.39, 0.29) is 5.91 Å². The van der Waals surface area contributed by atoms with Crippen molar-refractivity contribution < 1.29 is 9.53 Å². The van der Waals surface area contributed by atoms with Crippen LogP contribution in [0.15, 0.2) is 24.3 Å². The molecule has 1 aromatic rings. The van der Waals surface area contributed by atoms with Gasteiger partial charge in [0.1, 0.15) is 5.75 Å². The molecule has 1 saturated heterocycles. The van der Waals surface area contributed by atoms with E-state index in [9.17, 15) is 4.79 Å². The number of para-hydroxylation sites is 1. The molecule has 0 spiro atoms. The molecule has 18 heavy (non-hydrogen) atoms. The van der Waals surface area contributed by atoms with E-state index in [1.807, 2.05) is 29.2 Å². The van der Waals surface area contributed by atoms with Gasteiger partial charge in [0.15, 0.2) is 0 Å². The maximum absolute atomic E-state index is 12.4. The number of carbonyl (C=O) groups excluding carboxylic acids is 1. The van der Waals surface area contributed by atoms with Crippen LogP contribution in [0.2, 0.25) is 0 Å². The van der Waals surface area contributed by atoms with Gasteiger partial charge in [0.2, 0.25) is 0 Å². The molecule has 2 rings (SSSR count). The molecular weight excluding hydrogens is 294 g/mol. The Kier molecular flexibility index (Phi) is 5.05. The van der Waals surface area contributed by atoms with Gasteiger partial charge in [-0.2, -0.15) is 0 Å². The van der Waals surface area contributed by atoms with Crippen LogP contribution in [0.3, 0.4) is 0 Å². The van der Waals surface area contributed by atoms with E-state index in [0.717, 1.165) is 31.3 Å². The molecule has 0 aromatic heterocycles. The summed E-state index contributed by atoms with van der Waals surface area (Å²) in [6, 6.07) is 7.50. The van der Waals surface area contributed by atoms with Gasteiger partial charge in [0, 0.05) is 18.4 Å². The fraction of sp³-hybridized carbons (Fsp3) is 0.500. The van der Waals surface area contributed by atoms with E-state index in [0.29, 0.717) is 17.9 Å². The lowest BCUT2D eigenvalue weighted by Gasteiger charge is -2.27. The quantitative estimate of drug-likeness (QED) is 0.800. The standard InChI is InChI=1S/C14H18BrNO2/c15-8-11-18-13-7-3-2-6-12(13)14(17)16-9-4-1-5-10-16/h2-3,6-7H,1,4-5,8-11H2. The number of piperidine rings is 1. The summed E-state index contributed by atoms with van der Waals surface area (Å²) in [5.41, 5.74) is 0.681. The summed E-state index contributed by atoms with van der Waals surface area (Å²) in [4.78, 5) is 14.3. The molecule has 1 aliphatic rings. The molecule has 0 unspecified atom stereocenters. The van der Waals surface area contributed by atoms with Crippen molar-refractivity contribution >= 4 is 21.8 Å². The first-order valence-electron chi connectivity index (χ1n) is 6.40. The van der Waals surface area contributed by atoms with Crippen molar-refractivity contribution in [2.24, 2.45) is 0 Å². The Morgan fingerprint density at radius 3 is 2.67 bits per heavy atom. The third-order valence-corrected chi connectivity index (χ3v) is 3.42. The van der Waals surface area contributed by atoms with Crippen molar-refractivity contribution in [2.45, 2.75) is 19.3 Å². The van der Waals surface area contributed by atoms with Crippen LogP contribution in [0.5, 0.6) is 5.75 Å². The second-order valence-corrected chi connectivity index (χ2v) is 5.18. The fourth-order valence-electron chi connectivity index (χ4n) is 2.19. The predicted molar refractivity (Wildman–Crippen MR) is 75.5 cm³/mol. The third kappa shape index (κ3) is 3.25. The largest absolute Gasteiger partial charge is 0.492 e. The van der Waals surface area contributed by atoms with Crippen LogP contribution in [0.4, 0.5) is 0 Å². The van der Waals surface area contributed by atoms with Gasteiger partial charge >= 0.3 is 0 Å². The second kappa shape index (κ2) is 6.78. The molecule has 0 aliphatic carbocycles.